The molecular formula is C21H19N3O. The summed E-state index contributed by atoms with van der Waals surface area (Å²) in [4.78, 5) is 19.1. The number of benzene rings is 2. The van der Waals surface area contributed by atoms with Crippen LogP contribution in [0.2, 0.25) is 0 Å². The van der Waals surface area contributed by atoms with Gasteiger partial charge in [0.15, 0.2) is 0 Å². The molecule has 1 N–H and O–H groups in total. The summed E-state index contributed by atoms with van der Waals surface area (Å²) in [6.07, 6.45) is 2.75. The van der Waals surface area contributed by atoms with Crippen LogP contribution < -0.4 is 10.2 Å². The van der Waals surface area contributed by atoms with Crippen molar-refractivity contribution < 1.29 is 4.79 Å². The molecule has 4 nitrogen and oxygen atoms in total. The molecule has 1 aliphatic rings. The van der Waals surface area contributed by atoms with Gasteiger partial charge in [0.2, 0.25) is 0 Å². The van der Waals surface area contributed by atoms with E-state index in [1.54, 1.807) is 6.20 Å². The molecule has 2 heterocycles. The maximum atomic E-state index is 12.4. The number of carbonyl (C=O) groups excluding carboxylic acids is 1. The molecule has 4 heteroatoms. The van der Waals surface area contributed by atoms with Gasteiger partial charge in [-0.2, -0.15) is 0 Å². The zero-order chi connectivity index (χ0) is 17.2. The second-order valence-corrected chi connectivity index (χ2v) is 6.20. The van der Waals surface area contributed by atoms with Gasteiger partial charge < -0.3 is 10.2 Å². The van der Waals surface area contributed by atoms with Gasteiger partial charge in [0.05, 0.1) is 11.9 Å². The number of fused-ring (bicyclic) bond motifs is 1. The number of anilines is 3. The van der Waals surface area contributed by atoms with Gasteiger partial charge in [-0.3, -0.25) is 4.79 Å². The normalized spacial score (nSPS) is 12.8. The smallest absolute Gasteiger partial charge is 0.255 e. The van der Waals surface area contributed by atoms with Crippen LogP contribution in [0, 0.1) is 6.92 Å². The van der Waals surface area contributed by atoms with E-state index in [1.165, 1.54) is 11.3 Å². The van der Waals surface area contributed by atoms with Gasteiger partial charge in [0.25, 0.3) is 5.91 Å². The van der Waals surface area contributed by atoms with E-state index in [-0.39, 0.29) is 5.91 Å². The van der Waals surface area contributed by atoms with Crippen LogP contribution in [-0.4, -0.2) is 17.4 Å². The third-order valence-electron chi connectivity index (χ3n) is 4.56. The highest BCUT2D eigenvalue weighted by Crippen LogP contribution is 2.33. The molecule has 0 fully saturated rings. The van der Waals surface area contributed by atoms with E-state index in [4.69, 9.17) is 0 Å². The molecule has 0 saturated carbocycles. The maximum absolute atomic E-state index is 12.4. The molecule has 1 aliphatic heterocycles. The molecule has 4 rings (SSSR count). The van der Waals surface area contributed by atoms with Crippen molar-refractivity contribution in [1.29, 1.82) is 0 Å². The molecule has 0 atom stereocenters. The van der Waals surface area contributed by atoms with Crippen LogP contribution in [0.25, 0.3) is 0 Å². The molecule has 3 aromatic rings. The van der Waals surface area contributed by atoms with Gasteiger partial charge in [-0.15, -0.1) is 0 Å². The van der Waals surface area contributed by atoms with E-state index >= 15 is 0 Å². The summed E-state index contributed by atoms with van der Waals surface area (Å²) in [6, 6.07) is 19.8. The van der Waals surface area contributed by atoms with Crippen molar-refractivity contribution >= 4 is 23.1 Å². The fourth-order valence-electron chi connectivity index (χ4n) is 3.22. The van der Waals surface area contributed by atoms with E-state index in [0.29, 0.717) is 11.3 Å². The minimum atomic E-state index is -0.112. The number of carbonyl (C=O) groups is 1. The molecule has 0 bridgehead atoms. The van der Waals surface area contributed by atoms with Crippen molar-refractivity contribution in [2.75, 3.05) is 16.8 Å². The summed E-state index contributed by atoms with van der Waals surface area (Å²) < 4.78 is 0. The van der Waals surface area contributed by atoms with E-state index in [1.807, 2.05) is 49.4 Å². The fraction of sp³-hybridized carbons (Fsp3) is 0.143. The maximum Gasteiger partial charge on any atom is 0.255 e. The first-order valence-corrected chi connectivity index (χ1v) is 8.41. The van der Waals surface area contributed by atoms with Gasteiger partial charge in [0.1, 0.15) is 5.82 Å². The number of rotatable bonds is 3. The number of nitrogens with zero attached hydrogens (tertiary/aromatic N) is 2. The quantitative estimate of drug-likeness (QED) is 0.777. The summed E-state index contributed by atoms with van der Waals surface area (Å²) in [5, 5.41) is 2.92. The average Bonchev–Trinajstić information content (AvgIpc) is 3.07. The van der Waals surface area contributed by atoms with Crippen LogP contribution in [-0.2, 0) is 6.42 Å². The molecule has 2 aromatic carbocycles. The van der Waals surface area contributed by atoms with Crippen LogP contribution in [0.15, 0.2) is 66.9 Å². The Morgan fingerprint density at radius 3 is 2.64 bits per heavy atom. The summed E-state index contributed by atoms with van der Waals surface area (Å²) in [5.41, 5.74) is 4.90. The molecule has 124 valence electrons. The molecule has 1 aromatic heterocycles. The van der Waals surface area contributed by atoms with Crippen molar-refractivity contribution in [2.24, 2.45) is 0 Å². The zero-order valence-corrected chi connectivity index (χ0v) is 14.1. The first kappa shape index (κ1) is 15.4. The lowest BCUT2D eigenvalue weighted by Crippen LogP contribution is -2.16. The van der Waals surface area contributed by atoms with Crippen molar-refractivity contribution in [3.63, 3.8) is 0 Å². The highest BCUT2D eigenvalue weighted by atomic mass is 16.1. The van der Waals surface area contributed by atoms with Crippen molar-refractivity contribution in [3.8, 4) is 0 Å². The van der Waals surface area contributed by atoms with Crippen molar-refractivity contribution in [1.82, 2.24) is 4.98 Å². The number of pyridine rings is 1. The average molecular weight is 329 g/mol. The SMILES string of the molecule is Cc1ccccc1C(=O)Nc1ccc(N2CCc3ccccc32)nc1. The van der Waals surface area contributed by atoms with Gasteiger partial charge in [0, 0.05) is 17.8 Å². The molecule has 0 spiro atoms. The second-order valence-electron chi connectivity index (χ2n) is 6.20. The molecule has 0 aliphatic carbocycles. The largest absolute Gasteiger partial charge is 0.326 e. The molecule has 25 heavy (non-hydrogen) atoms. The minimum Gasteiger partial charge on any atom is -0.326 e. The Bertz CT molecular complexity index is 918. The highest BCUT2D eigenvalue weighted by molar-refractivity contribution is 6.05. The van der Waals surface area contributed by atoms with Crippen molar-refractivity contribution in [3.05, 3.63) is 83.6 Å². The Morgan fingerprint density at radius 1 is 1.04 bits per heavy atom. The Labute approximate surface area is 147 Å². The standard InChI is InChI=1S/C21H19N3O/c1-15-6-2-4-8-18(15)21(25)23-17-10-11-20(22-14-17)24-13-12-16-7-3-5-9-19(16)24/h2-11,14H,12-13H2,1H3,(H,23,25). The van der Waals surface area contributed by atoms with Crippen LogP contribution in [0.5, 0.6) is 0 Å². The Kier molecular flexibility index (Phi) is 3.94. The number of aromatic nitrogens is 1. The third kappa shape index (κ3) is 2.98. The van der Waals surface area contributed by atoms with E-state index in [2.05, 4.69) is 33.4 Å². The lowest BCUT2D eigenvalue weighted by molar-refractivity contribution is 0.102. The molecule has 0 unspecified atom stereocenters. The van der Waals surface area contributed by atoms with Crippen molar-refractivity contribution in [2.45, 2.75) is 13.3 Å². The first-order valence-electron chi connectivity index (χ1n) is 8.41. The molecule has 0 saturated heterocycles. The lowest BCUT2D eigenvalue weighted by atomic mass is 10.1. The predicted octanol–water partition coefficient (Wildman–Crippen LogP) is 4.34. The number of nitrogens with one attached hydrogen (secondary N) is 1. The van der Waals surface area contributed by atoms with Gasteiger partial charge in [-0.25, -0.2) is 4.98 Å². The molecule has 0 radical (unpaired) electrons. The fourth-order valence-corrected chi connectivity index (χ4v) is 3.22. The Balaban J connectivity index is 1.52. The minimum absolute atomic E-state index is 0.112. The highest BCUT2D eigenvalue weighted by Gasteiger charge is 2.20. The predicted molar refractivity (Wildman–Crippen MR) is 101 cm³/mol. The molecular weight excluding hydrogens is 310 g/mol. The van der Waals surface area contributed by atoms with Crippen LogP contribution in [0.1, 0.15) is 21.5 Å². The van der Waals surface area contributed by atoms with E-state index in [0.717, 1.165) is 24.3 Å². The third-order valence-corrected chi connectivity index (χ3v) is 4.56. The number of aryl methyl sites for hydroxylation is 1. The van der Waals surface area contributed by atoms with E-state index in [9.17, 15) is 4.79 Å². The number of para-hydroxylation sites is 1. The van der Waals surface area contributed by atoms with E-state index < -0.39 is 0 Å². The summed E-state index contributed by atoms with van der Waals surface area (Å²) >= 11 is 0. The topological polar surface area (TPSA) is 45.2 Å². The van der Waals surface area contributed by atoms with Crippen LogP contribution in [0.4, 0.5) is 17.2 Å². The number of amides is 1. The Hall–Kier alpha value is -3.14. The zero-order valence-electron chi connectivity index (χ0n) is 14.1. The summed E-state index contributed by atoms with van der Waals surface area (Å²) in [6.45, 7) is 2.86. The monoisotopic (exact) mass is 329 g/mol. The summed E-state index contributed by atoms with van der Waals surface area (Å²) in [7, 11) is 0. The second kappa shape index (κ2) is 6.40. The number of hydrogen-bond acceptors (Lipinski definition) is 3. The number of hydrogen-bond donors (Lipinski definition) is 1. The van der Waals surface area contributed by atoms with Crippen LogP contribution in [0.3, 0.4) is 0 Å². The van der Waals surface area contributed by atoms with Gasteiger partial charge in [-0.1, -0.05) is 36.4 Å². The van der Waals surface area contributed by atoms with Crippen LogP contribution >= 0.6 is 0 Å². The lowest BCUT2D eigenvalue weighted by Gasteiger charge is -2.18. The van der Waals surface area contributed by atoms with Gasteiger partial charge in [-0.05, 0) is 48.7 Å². The summed E-state index contributed by atoms with van der Waals surface area (Å²) in [5.74, 6) is 0.790. The van der Waals surface area contributed by atoms with Gasteiger partial charge >= 0.3 is 0 Å². The molecule has 1 amide bonds. The Morgan fingerprint density at radius 2 is 1.84 bits per heavy atom. The first-order chi connectivity index (χ1) is 12.2.